The molecular formula is C12H9N3O3. The highest BCUT2D eigenvalue weighted by Crippen LogP contribution is 2.05. The molecule has 0 saturated heterocycles. The highest BCUT2D eigenvalue weighted by Gasteiger charge is 2.08. The van der Waals surface area contributed by atoms with E-state index in [0.717, 1.165) is 0 Å². The first-order chi connectivity index (χ1) is 8.79. The molecule has 0 radical (unpaired) electrons. The molecule has 0 saturated carbocycles. The smallest absolute Gasteiger partial charge is 0.275 e. The van der Waals surface area contributed by atoms with Crippen molar-refractivity contribution in [2.75, 3.05) is 11.9 Å². The van der Waals surface area contributed by atoms with E-state index >= 15 is 0 Å². The number of amides is 1. The van der Waals surface area contributed by atoms with E-state index in [4.69, 9.17) is 5.11 Å². The van der Waals surface area contributed by atoms with E-state index in [0.29, 0.717) is 11.4 Å². The number of pyridine rings is 1. The predicted octanol–water partition coefficient (Wildman–Crippen LogP) is 0.666. The maximum atomic E-state index is 11.7. The van der Waals surface area contributed by atoms with Gasteiger partial charge in [-0.2, -0.15) is 0 Å². The minimum absolute atomic E-state index is 0.214. The van der Waals surface area contributed by atoms with Crippen LogP contribution >= 0.6 is 0 Å². The van der Waals surface area contributed by atoms with Crippen LogP contribution in [0.2, 0.25) is 0 Å². The van der Waals surface area contributed by atoms with Crippen molar-refractivity contribution < 1.29 is 14.4 Å². The van der Waals surface area contributed by atoms with Crippen molar-refractivity contribution in [3.63, 3.8) is 0 Å². The minimum atomic E-state index is -0.384. The lowest BCUT2D eigenvalue weighted by Gasteiger charge is -2.00. The van der Waals surface area contributed by atoms with E-state index in [1.807, 2.05) is 0 Å². The summed E-state index contributed by atoms with van der Waals surface area (Å²) in [4.78, 5) is 15.7. The van der Waals surface area contributed by atoms with E-state index in [1.165, 1.54) is 24.6 Å². The summed E-state index contributed by atoms with van der Waals surface area (Å²) in [5, 5.41) is 14.6. The van der Waals surface area contributed by atoms with E-state index in [9.17, 15) is 4.79 Å². The van der Waals surface area contributed by atoms with Gasteiger partial charge in [-0.1, -0.05) is 17.0 Å². The van der Waals surface area contributed by atoms with Gasteiger partial charge < -0.3 is 14.9 Å². The van der Waals surface area contributed by atoms with Crippen molar-refractivity contribution >= 4 is 11.7 Å². The lowest BCUT2D eigenvalue weighted by molar-refractivity contribution is 0.102. The molecule has 2 rings (SSSR count). The van der Waals surface area contributed by atoms with Crippen molar-refractivity contribution in [1.29, 1.82) is 0 Å². The zero-order valence-electron chi connectivity index (χ0n) is 9.25. The standard InChI is InChI=1S/C12H9N3O3/c16-6-1-2-9-3-4-10(13-8-9)12(17)14-11-5-7-18-15-11/h3-5,7-8,16H,6H2,(H,14,15,17). The van der Waals surface area contributed by atoms with Crippen LogP contribution in [0.1, 0.15) is 16.1 Å². The van der Waals surface area contributed by atoms with Gasteiger partial charge in [0.25, 0.3) is 5.91 Å². The Hall–Kier alpha value is -2.65. The number of aliphatic hydroxyl groups excluding tert-OH is 1. The molecule has 2 heterocycles. The van der Waals surface area contributed by atoms with Gasteiger partial charge in [-0.05, 0) is 12.1 Å². The molecule has 0 unspecified atom stereocenters. The lowest BCUT2D eigenvalue weighted by Crippen LogP contribution is -2.13. The van der Waals surface area contributed by atoms with Gasteiger partial charge >= 0.3 is 0 Å². The molecule has 0 aliphatic rings. The first kappa shape index (κ1) is 11.8. The first-order valence-electron chi connectivity index (χ1n) is 5.07. The van der Waals surface area contributed by atoms with Crippen LogP contribution in [-0.2, 0) is 0 Å². The van der Waals surface area contributed by atoms with E-state index in [2.05, 4.69) is 31.8 Å². The number of nitrogens with zero attached hydrogens (tertiary/aromatic N) is 2. The summed E-state index contributed by atoms with van der Waals surface area (Å²) in [6.07, 6.45) is 2.82. The Morgan fingerprint density at radius 1 is 1.44 bits per heavy atom. The van der Waals surface area contributed by atoms with Crippen molar-refractivity contribution in [1.82, 2.24) is 10.1 Å². The summed E-state index contributed by atoms with van der Waals surface area (Å²) in [6.45, 7) is -0.214. The third-order valence-electron chi connectivity index (χ3n) is 1.99. The molecule has 0 bridgehead atoms. The molecule has 0 atom stereocenters. The average Bonchev–Trinajstić information content (AvgIpc) is 2.89. The Labute approximate surface area is 103 Å². The second-order valence-corrected chi connectivity index (χ2v) is 3.23. The third kappa shape index (κ3) is 2.93. The fourth-order valence-electron chi connectivity index (χ4n) is 1.20. The Balaban J connectivity index is 2.07. The summed E-state index contributed by atoms with van der Waals surface area (Å²) in [7, 11) is 0. The highest BCUT2D eigenvalue weighted by molar-refractivity contribution is 6.02. The van der Waals surface area contributed by atoms with Gasteiger partial charge in [0.2, 0.25) is 0 Å². The van der Waals surface area contributed by atoms with Gasteiger partial charge in [0, 0.05) is 17.8 Å². The Kier molecular flexibility index (Phi) is 3.69. The van der Waals surface area contributed by atoms with Gasteiger partial charge in [-0.3, -0.25) is 4.79 Å². The molecule has 1 amide bonds. The topological polar surface area (TPSA) is 88.2 Å². The average molecular weight is 243 g/mol. The number of rotatable bonds is 2. The molecule has 0 aliphatic carbocycles. The maximum Gasteiger partial charge on any atom is 0.275 e. The molecular weight excluding hydrogens is 234 g/mol. The Morgan fingerprint density at radius 2 is 2.33 bits per heavy atom. The zero-order valence-corrected chi connectivity index (χ0v) is 9.25. The van der Waals surface area contributed by atoms with Gasteiger partial charge in [-0.25, -0.2) is 4.98 Å². The van der Waals surface area contributed by atoms with Crippen molar-refractivity contribution in [2.45, 2.75) is 0 Å². The van der Waals surface area contributed by atoms with Crippen LogP contribution in [0.25, 0.3) is 0 Å². The fourth-order valence-corrected chi connectivity index (χ4v) is 1.20. The zero-order chi connectivity index (χ0) is 12.8. The molecule has 90 valence electrons. The second-order valence-electron chi connectivity index (χ2n) is 3.23. The summed E-state index contributed by atoms with van der Waals surface area (Å²) in [5.41, 5.74) is 0.870. The normalized spacial score (nSPS) is 9.39. The van der Waals surface area contributed by atoms with E-state index in [1.54, 1.807) is 6.07 Å². The van der Waals surface area contributed by atoms with Gasteiger partial charge in [0.1, 0.15) is 18.6 Å². The predicted molar refractivity (Wildman–Crippen MR) is 62.7 cm³/mol. The van der Waals surface area contributed by atoms with E-state index < -0.39 is 0 Å². The van der Waals surface area contributed by atoms with Crippen molar-refractivity contribution in [2.24, 2.45) is 0 Å². The molecule has 18 heavy (non-hydrogen) atoms. The van der Waals surface area contributed by atoms with Gasteiger partial charge in [-0.15, -0.1) is 0 Å². The summed E-state index contributed by atoms with van der Waals surface area (Å²) >= 11 is 0. The quantitative estimate of drug-likeness (QED) is 0.757. The lowest BCUT2D eigenvalue weighted by atomic mass is 10.2. The van der Waals surface area contributed by atoms with Gasteiger partial charge in [0.05, 0.1) is 0 Å². The molecule has 0 spiro atoms. The summed E-state index contributed by atoms with van der Waals surface area (Å²) < 4.78 is 4.59. The number of hydrogen-bond donors (Lipinski definition) is 2. The molecule has 6 nitrogen and oxygen atoms in total. The van der Waals surface area contributed by atoms with Crippen LogP contribution in [0.3, 0.4) is 0 Å². The largest absolute Gasteiger partial charge is 0.384 e. The first-order valence-corrected chi connectivity index (χ1v) is 5.07. The van der Waals surface area contributed by atoms with E-state index in [-0.39, 0.29) is 18.2 Å². The number of aromatic nitrogens is 2. The van der Waals surface area contributed by atoms with Crippen LogP contribution in [0.4, 0.5) is 5.82 Å². The van der Waals surface area contributed by atoms with Crippen molar-refractivity contribution in [3.05, 3.63) is 41.9 Å². The molecule has 2 N–H and O–H groups in total. The third-order valence-corrected chi connectivity index (χ3v) is 1.99. The monoisotopic (exact) mass is 243 g/mol. The minimum Gasteiger partial charge on any atom is -0.384 e. The highest BCUT2D eigenvalue weighted by atomic mass is 16.5. The van der Waals surface area contributed by atoms with Crippen molar-refractivity contribution in [3.8, 4) is 11.8 Å². The molecule has 6 heteroatoms. The second kappa shape index (κ2) is 5.61. The molecule has 0 aliphatic heterocycles. The Morgan fingerprint density at radius 3 is 2.94 bits per heavy atom. The SMILES string of the molecule is O=C(Nc1ccon1)c1ccc(C#CCO)cn1. The number of aliphatic hydroxyl groups is 1. The van der Waals surface area contributed by atoms with Crippen LogP contribution < -0.4 is 5.32 Å². The molecule has 2 aromatic rings. The van der Waals surface area contributed by atoms with Gasteiger partial charge in [0.15, 0.2) is 5.82 Å². The molecule has 2 aromatic heterocycles. The summed E-state index contributed by atoms with van der Waals surface area (Å²) in [6, 6.07) is 4.71. The molecule has 0 aromatic carbocycles. The van der Waals surface area contributed by atoms with Crippen LogP contribution in [0.15, 0.2) is 35.2 Å². The van der Waals surface area contributed by atoms with Crippen LogP contribution in [0.5, 0.6) is 0 Å². The van der Waals surface area contributed by atoms with Crippen LogP contribution in [0, 0.1) is 11.8 Å². The number of hydrogen-bond acceptors (Lipinski definition) is 5. The van der Waals surface area contributed by atoms with Crippen LogP contribution in [-0.4, -0.2) is 27.8 Å². The number of carbonyl (C=O) groups excluding carboxylic acids is 1. The maximum absolute atomic E-state index is 11.7. The number of carbonyl (C=O) groups is 1. The number of anilines is 1. The fraction of sp³-hybridized carbons (Fsp3) is 0.0833. The summed E-state index contributed by atoms with van der Waals surface area (Å²) in [5.74, 6) is 5.12. The molecule has 0 fully saturated rings. The number of nitrogens with one attached hydrogen (secondary N) is 1. The Bertz CT molecular complexity index is 579.